The molecule has 0 bridgehead atoms. The number of hydrogen-bond donors (Lipinski definition) is 0. The van der Waals surface area contributed by atoms with E-state index in [-0.39, 0.29) is 0 Å². The number of para-hydroxylation sites is 2. The van der Waals surface area contributed by atoms with Gasteiger partial charge in [-0.05, 0) is 57.8 Å². The Morgan fingerprint density at radius 3 is 1.98 bits per heavy atom. The minimum atomic E-state index is 0.874. The van der Waals surface area contributed by atoms with Crippen molar-refractivity contribution >= 4 is 81.3 Å². The van der Waals surface area contributed by atoms with Gasteiger partial charge in [0.15, 0.2) is 5.58 Å². The summed E-state index contributed by atoms with van der Waals surface area (Å²) in [5, 5.41) is 7.25. The molecule has 0 saturated heterocycles. The smallest absolute Gasteiger partial charge is 0.159 e. The van der Waals surface area contributed by atoms with Crippen LogP contribution in [-0.4, -0.2) is 0 Å². The van der Waals surface area contributed by atoms with E-state index in [9.17, 15) is 0 Å². The van der Waals surface area contributed by atoms with Gasteiger partial charge in [0, 0.05) is 37.5 Å². The van der Waals surface area contributed by atoms with E-state index in [1.165, 1.54) is 53.2 Å². The fraction of sp³-hybridized carbons (Fsp3) is 0. The van der Waals surface area contributed by atoms with Crippen LogP contribution in [0.4, 0.5) is 17.1 Å². The lowest BCUT2D eigenvalue weighted by Gasteiger charge is -2.29. The fourth-order valence-electron chi connectivity index (χ4n) is 7.41. The van der Waals surface area contributed by atoms with Crippen LogP contribution in [0.15, 0.2) is 180 Å². The van der Waals surface area contributed by atoms with Crippen molar-refractivity contribution < 1.29 is 4.42 Å². The minimum Gasteiger partial charge on any atom is -0.454 e. The largest absolute Gasteiger partial charge is 0.454 e. The molecular formula is C46H29NOS. The van der Waals surface area contributed by atoms with Gasteiger partial charge in [-0.3, -0.25) is 0 Å². The maximum atomic E-state index is 6.73. The molecule has 3 heteroatoms. The highest BCUT2D eigenvalue weighted by molar-refractivity contribution is 7.26. The van der Waals surface area contributed by atoms with Gasteiger partial charge in [-0.25, -0.2) is 0 Å². The monoisotopic (exact) mass is 643 g/mol. The lowest BCUT2D eigenvalue weighted by Crippen LogP contribution is -2.12. The van der Waals surface area contributed by atoms with E-state index in [0.29, 0.717) is 0 Å². The van der Waals surface area contributed by atoms with Crippen LogP contribution in [0.3, 0.4) is 0 Å². The van der Waals surface area contributed by atoms with E-state index in [4.69, 9.17) is 4.42 Å². The van der Waals surface area contributed by atoms with Gasteiger partial charge in [-0.2, -0.15) is 0 Å². The molecule has 0 radical (unpaired) electrons. The first-order valence-electron chi connectivity index (χ1n) is 16.6. The molecule has 0 saturated carbocycles. The van der Waals surface area contributed by atoms with E-state index in [2.05, 4.69) is 175 Å². The zero-order valence-electron chi connectivity index (χ0n) is 26.5. The summed E-state index contributed by atoms with van der Waals surface area (Å²) in [4.78, 5) is 2.43. The van der Waals surface area contributed by atoms with Gasteiger partial charge in [0.1, 0.15) is 5.58 Å². The van der Waals surface area contributed by atoms with Crippen molar-refractivity contribution in [3.8, 4) is 22.3 Å². The fourth-order valence-corrected chi connectivity index (χ4v) is 8.65. The highest BCUT2D eigenvalue weighted by Crippen LogP contribution is 2.51. The summed E-state index contributed by atoms with van der Waals surface area (Å²) in [5.74, 6) is 0. The van der Waals surface area contributed by atoms with Gasteiger partial charge < -0.3 is 9.32 Å². The molecule has 0 spiro atoms. The topological polar surface area (TPSA) is 16.4 Å². The summed E-state index contributed by atoms with van der Waals surface area (Å²) in [6.07, 6.45) is 0. The Kier molecular flexibility index (Phi) is 6.39. The molecule has 10 aromatic rings. The third-order valence-corrected chi connectivity index (χ3v) is 10.9. The predicted molar refractivity (Wildman–Crippen MR) is 210 cm³/mol. The number of hydrogen-bond acceptors (Lipinski definition) is 3. The third-order valence-electron chi connectivity index (χ3n) is 9.68. The van der Waals surface area contributed by atoms with Crippen LogP contribution in [0.1, 0.15) is 0 Å². The van der Waals surface area contributed by atoms with E-state index in [1.807, 2.05) is 17.4 Å². The summed E-state index contributed by atoms with van der Waals surface area (Å²) >= 11 is 1.85. The Morgan fingerprint density at radius 1 is 0.429 bits per heavy atom. The Labute approximate surface area is 287 Å². The number of rotatable bonds is 5. The van der Waals surface area contributed by atoms with Crippen molar-refractivity contribution in [3.63, 3.8) is 0 Å². The Bertz CT molecular complexity index is 2820. The Hall–Kier alpha value is -6.16. The van der Waals surface area contributed by atoms with E-state index in [1.54, 1.807) is 0 Å². The van der Waals surface area contributed by atoms with Crippen LogP contribution in [-0.2, 0) is 0 Å². The van der Waals surface area contributed by atoms with E-state index < -0.39 is 0 Å². The van der Waals surface area contributed by atoms with E-state index >= 15 is 0 Å². The molecule has 2 nitrogen and oxygen atoms in total. The standard InChI is InChI=1S/C46H29NOS/c1-2-12-31(13-3-1)36-28-29-40-38-18-7-9-23-43(38)49-46(40)44(36)47(41-21-11-20-39-37-17-6-8-22-42(37)48-45(39)41)33-26-24-32(25-27-33)35-19-10-15-30-14-4-5-16-34(30)35/h1-29H. The third kappa shape index (κ3) is 4.47. The molecular weight excluding hydrogens is 615 g/mol. The molecule has 0 aliphatic heterocycles. The van der Waals surface area contributed by atoms with Crippen molar-refractivity contribution in [2.24, 2.45) is 0 Å². The molecule has 49 heavy (non-hydrogen) atoms. The first-order valence-corrected chi connectivity index (χ1v) is 17.4. The first kappa shape index (κ1) is 27.9. The number of thiophene rings is 1. The summed E-state index contributed by atoms with van der Waals surface area (Å²) in [6.45, 7) is 0. The van der Waals surface area contributed by atoms with Crippen LogP contribution in [0.25, 0.3) is 75.1 Å². The minimum absolute atomic E-state index is 0.874. The van der Waals surface area contributed by atoms with E-state index in [0.717, 1.165) is 39.0 Å². The van der Waals surface area contributed by atoms with Crippen molar-refractivity contribution in [1.29, 1.82) is 0 Å². The van der Waals surface area contributed by atoms with Crippen LogP contribution >= 0.6 is 11.3 Å². The maximum absolute atomic E-state index is 6.73. The second-order valence-corrected chi connectivity index (χ2v) is 13.5. The van der Waals surface area contributed by atoms with Crippen molar-refractivity contribution in [2.45, 2.75) is 0 Å². The lowest BCUT2D eigenvalue weighted by molar-refractivity contribution is 0.669. The number of nitrogens with zero attached hydrogens (tertiary/aromatic N) is 1. The quantitative estimate of drug-likeness (QED) is 0.186. The molecule has 0 atom stereocenters. The molecule has 8 aromatic carbocycles. The zero-order chi connectivity index (χ0) is 32.3. The summed E-state index contributed by atoms with van der Waals surface area (Å²) in [6, 6.07) is 63.1. The summed E-state index contributed by atoms with van der Waals surface area (Å²) < 4.78 is 9.25. The van der Waals surface area contributed by atoms with Gasteiger partial charge in [-0.1, -0.05) is 146 Å². The number of benzene rings is 8. The van der Waals surface area contributed by atoms with Crippen LogP contribution in [0.5, 0.6) is 0 Å². The van der Waals surface area contributed by atoms with Crippen LogP contribution in [0.2, 0.25) is 0 Å². The molecule has 0 amide bonds. The van der Waals surface area contributed by atoms with Crippen molar-refractivity contribution in [2.75, 3.05) is 4.90 Å². The number of fused-ring (bicyclic) bond motifs is 7. The summed E-state index contributed by atoms with van der Waals surface area (Å²) in [5.41, 5.74) is 9.75. The second kappa shape index (κ2) is 11.2. The van der Waals surface area contributed by atoms with Crippen LogP contribution < -0.4 is 4.90 Å². The molecule has 0 fully saturated rings. The molecule has 0 N–H and O–H groups in total. The number of anilines is 3. The second-order valence-electron chi connectivity index (χ2n) is 12.5. The van der Waals surface area contributed by atoms with Crippen LogP contribution in [0, 0.1) is 0 Å². The molecule has 2 heterocycles. The van der Waals surface area contributed by atoms with Gasteiger partial charge in [0.05, 0.1) is 16.1 Å². The molecule has 2 aromatic heterocycles. The SMILES string of the molecule is c1ccc(-c2ccc3c(sc4ccccc43)c2N(c2ccc(-c3cccc4ccccc34)cc2)c2cccc3c2oc2ccccc23)cc1. The molecule has 0 unspecified atom stereocenters. The Balaban J connectivity index is 1.29. The van der Waals surface area contributed by atoms with Crippen molar-refractivity contribution in [3.05, 3.63) is 176 Å². The normalized spacial score (nSPS) is 11.7. The molecule has 0 aliphatic carbocycles. The average Bonchev–Trinajstić information content (AvgIpc) is 3.75. The van der Waals surface area contributed by atoms with Crippen molar-refractivity contribution in [1.82, 2.24) is 0 Å². The Morgan fingerprint density at radius 2 is 1.10 bits per heavy atom. The average molecular weight is 644 g/mol. The zero-order valence-corrected chi connectivity index (χ0v) is 27.3. The van der Waals surface area contributed by atoms with Gasteiger partial charge in [0.2, 0.25) is 0 Å². The predicted octanol–water partition coefficient (Wildman–Crippen LogP) is 13.9. The maximum Gasteiger partial charge on any atom is 0.159 e. The molecule has 0 aliphatic rings. The molecule has 10 rings (SSSR count). The highest BCUT2D eigenvalue weighted by Gasteiger charge is 2.25. The lowest BCUT2D eigenvalue weighted by atomic mass is 9.97. The highest BCUT2D eigenvalue weighted by atomic mass is 32.1. The summed E-state index contributed by atoms with van der Waals surface area (Å²) in [7, 11) is 0. The van der Waals surface area contributed by atoms with Gasteiger partial charge in [0.25, 0.3) is 0 Å². The van der Waals surface area contributed by atoms with Gasteiger partial charge >= 0.3 is 0 Å². The molecule has 230 valence electrons. The van der Waals surface area contributed by atoms with Gasteiger partial charge in [-0.15, -0.1) is 11.3 Å². The number of furan rings is 1. The first-order chi connectivity index (χ1) is 24.3.